The van der Waals surface area contributed by atoms with Gasteiger partial charge in [0.25, 0.3) is 0 Å². The van der Waals surface area contributed by atoms with Crippen molar-refractivity contribution in [2.24, 2.45) is 11.3 Å². The minimum absolute atomic E-state index is 0.137. The van der Waals surface area contributed by atoms with Crippen LogP contribution in [0.3, 0.4) is 0 Å². The van der Waals surface area contributed by atoms with E-state index in [1.165, 1.54) is 40.3 Å². The standard InChI is InChI=1S/C33H38N2O4/c1-31-10-8-24-15-23-4-5-25(35-19-26(36)16-28(35)30(37)38)17-32(23)11-12-33(24,39-32)29(31)7-6-27(31)21-3-2-20-9-13-34-18-22(20)14-21/h2-3,8-9,13-15,18,25-29,36H,4-7,10-12,16-17,19H2,1H3,(H,37,38)/t25-,26+,27?,28-,29+,31+,32+,33?/m0/s1. The fourth-order valence-electron chi connectivity index (χ4n) is 10.0. The van der Waals surface area contributed by atoms with E-state index in [0.717, 1.165) is 38.5 Å². The number of rotatable bonds is 3. The van der Waals surface area contributed by atoms with Crippen LogP contribution in [0, 0.1) is 11.3 Å². The number of aliphatic hydroxyl groups is 1. The van der Waals surface area contributed by atoms with Crippen molar-refractivity contribution in [2.45, 2.75) is 100 Å². The summed E-state index contributed by atoms with van der Waals surface area (Å²) >= 11 is 0. The summed E-state index contributed by atoms with van der Waals surface area (Å²) < 4.78 is 7.44. The molecular weight excluding hydrogens is 488 g/mol. The first-order valence-corrected chi connectivity index (χ1v) is 14.9. The predicted octanol–water partition coefficient (Wildman–Crippen LogP) is 5.37. The summed E-state index contributed by atoms with van der Waals surface area (Å²) in [5.41, 5.74) is 3.88. The molecule has 39 heavy (non-hydrogen) atoms. The lowest BCUT2D eigenvalue weighted by molar-refractivity contribution is -0.150. The third-order valence-corrected chi connectivity index (χ3v) is 11.8. The number of hydrogen-bond donors (Lipinski definition) is 2. The SMILES string of the molecule is C[C@]12CC=C3C=C4CC[C@H](N5C[C@H](O)C[C@H]5C(=O)O)C[C@]45CCC3(O5)[C@@H]1CCC2c1ccc2ccncc2c1. The number of hydrogen-bond acceptors (Lipinski definition) is 5. The number of allylic oxidation sites excluding steroid dienone is 1. The van der Waals surface area contributed by atoms with Crippen LogP contribution in [0.2, 0.25) is 0 Å². The number of benzene rings is 1. The molecule has 6 nitrogen and oxygen atoms in total. The molecule has 6 aliphatic rings. The Morgan fingerprint density at radius 3 is 2.92 bits per heavy atom. The lowest BCUT2D eigenvalue weighted by Crippen LogP contribution is -2.56. The van der Waals surface area contributed by atoms with Crippen LogP contribution in [0.1, 0.15) is 76.2 Å². The molecule has 2 bridgehead atoms. The third kappa shape index (κ3) is 3.31. The van der Waals surface area contributed by atoms with Gasteiger partial charge < -0.3 is 14.9 Å². The Kier molecular flexibility index (Phi) is 5.13. The lowest BCUT2D eigenvalue weighted by atomic mass is 9.58. The first kappa shape index (κ1) is 24.3. The van der Waals surface area contributed by atoms with Gasteiger partial charge in [-0.05, 0) is 103 Å². The molecule has 0 radical (unpaired) electrons. The Hall–Kier alpha value is -2.54. The smallest absolute Gasteiger partial charge is 0.321 e. The van der Waals surface area contributed by atoms with Crippen molar-refractivity contribution < 1.29 is 19.7 Å². The number of nitrogens with zero attached hydrogens (tertiary/aromatic N) is 2. The average molecular weight is 527 g/mol. The minimum atomic E-state index is -0.812. The topological polar surface area (TPSA) is 82.9 Å². The van der Waals surface area contributed by atoms with Crippen LogP contribution in [0.5, 0.6) is 0 Å². The van der Waals surface area contributed by atoms with Crippen LogP contribution >= 0.6 is 0 Å². The molecule has 0 amide bonds. The monoisotopic (exact) mass is 526 g/mol. The quantitative estimate of drug-likeness (QED) is 0.560. The highest BCUT2D eigenvalue weighted by Crippen LogP contribution is 2.69. The summed E-state index contributed by atoms with van der Waals surface area (Å²) in [5, 5.41) is 22.6. The van der Waals surface area contributed by atoms with Crippen LogP contribution in [-0.4, -0.2) is 62.0 Å². The van der Waals surface area contributed by atoms with Gasteiger partial charge in [-0.3, -0.25) is 14.7 Å². The molecule has 4 heterocycles. The van der Waals surface area contributed by atoms with E-state index in [1.807, 2.05) is 12.4 Å². The maximum atomic E-state index is 12.0. The number of likely N-dealkylation sites (tertiary alicyclic amines) is 1. The number of aliphatic carboxylic acids is 1. The van der Waals surface area contributed by atoms with E-state index < -0.39 is 18.1 Å². The maximum Gasteiger partial charge on any atom is 0.321 e. The molecule has 8 rings (SSSR count). The van der Waals surface area contributed by atoms with E-state index in [9.17, 15) is 15.0 Å². The summed E-state index contributed by atoms with van der Waals surface area (Å²) in [4.78, 5) is 18.4. The number of fused-ring (bicyclic) bond motifs is 2. The summed E-state index contributed by atoms with van der Waals surface area (Å²) in [6.07, 6.45) is 16.8. The molecule has 1 aromatic carbocycles. The molecule has 8 atom stereocenters. The Balaban J connectivity index is 1.12. The Morgan fingerprint density at radius 1 is 1.15 bits per heavy atom. The molecule has 6 heteroatoms. The van der Waals surface area contributed by atoms with Gasteiger partial charge in [-0.1, -0.05) is 31.2 Å². The van der Waals surface area contributed by atoms with Crippen molar-refractivity contribution in [3.05, 3.63) is 65.5 Å². The molecule has 204 valence electrons. The maximum absolute atomic E-state index is 12.0. The van der Waals surface area contributed by atoms with Crippen LogP contribution in [0.15, 0.2) is 60.0 Å². The van der Waals surface area contributed by atoms with Crippen molar-refractivity contribution in [3.63, 3.8) is 0 Å². The van der Waals surface area contributed by atoms with Crippen LogP contribution in [0.25, 0.3) is 10.8 Å². The zero-order valence-corrected chi connectivity index (χ0v) is 22.7. The van der Waals surface area contributed by atoms with Gasteiger partial charge in [-0.15, -0.1) is 0 Å². The lowest BCUT2D eigenvalue weighted by Gasteiger charge is -2.55. The molecular formula is C33H38N2O4. The van der Waals surface area contributed by atoms with Crippen molar-refractivity contribution in [1.29, 1.82) is 0 Å². The molecule has 2 aromatic rings. The summed E-state index contributed by atoms with van der Waals surface area (Å²) in [5.74, 6) is 0.149. The van der Waals surface area contributed by atoms with Gasteiger partial charge in [-0.25, -0.2) is 0 Å². The highest BCUT2D eigenvalue weighted by atomic mass is 16.5. The van der Waals surface area contributed by atoms with Gasteiger partial charge in [0.1, 0.15) is 6.04 Å². The van der Waals surface area contributed by atoms with Gasteiger partial charge >= 0.3 is 5.97 Å². The normalized spacial score (nSPS) is 43.0. The molecule has 2 spiro atoms. The third-order valence-electron chi connectivity index (χ3n) is 11.8. The number of carboxylic acid groups (broad SMARTS) is 1. The first-order chi connectivity index (χ1) is 18.8. The number of carboxylic acids is 1. The Labute approximate surface area is 229 Å². The summed E-state index contributed by atoms with van der Waals surface area (Å²) in [7, 11) is 0. The Morgan fingerprint density at radius 2 is 2.05 bits per heavy atom. The van der Waals surface area contributed by atoms with Crippen LogP contribution in [-0.2, 0) is 9.53 Å². The fraction of sp³-hybridized carbons (Fsp3) is 0.576. The van der Waals surface area contributed by atoms with E-state index >= 15 is 0 Å². The van der Waals surface area contributed by atoms with Crippen molar-refractivity contribution >= 4 is 16.7 Å². The van der Waals surface area contributed by atoms with Crippen LogP contribution < -0.4 is 0 Å². The second-order valence-electron chi connectivity index (χ2n) is 13.5. The second-order valence-corrected chi connectivity index (χ2v) is 13.5. The molecule has 2 saturated heterocycles. The van der Waals surface area contributed by atoms with E-state index in [4.69, 9.17) is 4.74 Å². The molecule has 3 aliphatic heterocycles. The number of carbonyl (C=O) groups is 1. The molecule has 4 fully saturated rings. The second kappa shape index (κ2) is 8.25. The fourth-order valence-corrected chi connectivity index (χ4v) is 10.0. The molecule has 2 saturated carbocycles. The summed E-state index contributed by atoms with van der Waals surface area (Å²) in [6, 6.07) is 8.59. The molecule has 2 N–H and O–H groups in total. The highest BCUT2D eigenvalue weighted by molar-refractivity contribution is 5.82. The van der Waals surface area contributed by atoms with Crippen LogP contribution in [0.4, 0.5) is 0 Å². The minimum Gasteiger partial charge on any atom is -0.480 e. The largest absolute Gasteiger partial charge is 0.480 e. The number of ether oxygens (including phenoxy) is 1. The zero-order chi connectivity index (χ0) is 26.6. The van der Waals surface area contributed by atoms with Crippen molar-refractivity contribution in [3.8, 4) is 0 Å². The van der Waals surface area contributed by atoms with E-state index in [2.05, 4.69) is 53.2 Å². The molecule has 1 aromatic heterocycles. The van der Waals surface area contributed by atoms with Gasteiger partial charge in [0.15, 0.2) is 0 Å². The molecule has 3 aliphatic carbocycles. The zero-order valence-electron chi connectivity index (χ0n) is 22.7. The van der Waals surface area contributed by atoms with Crippen molar-refractivity contribution in [2.75, 3.05) is 6.54 Å². The van der Waals surface area contributed by atoms with Gasteiger partial charge in [0.05, 0.1) is 17.3 Å². The van der Waals surface area contributed by atoms with Gasteiger partial charge in [-0.2, -0.15) is 0 Å². The van der Waals surface area contributed by atoms with Gasteiger partial charge in [0, 0.05) is 36.8 Å². The van der Waals surface area contributed by atoms with E-state index in [1.54, 1.807) is 0 Å². The number of aliphatic hydroxyl groups excluding tert-OH is 1. The van der Waals surface area contributed by atoms with E-state index in [0.29, 0.717) is 24.8 Å². The van der Waals surface area contributed by atoms with Crippen molar-refractivity contribution in [1.82, 2.24) is 9.88 Å². The first-order valence-electron chi connectivity index (χ1n) is 14.9. The number of aromatic nitrogens is 1. The van der Waals surface area contributed by atoms with Gasteiger partial charge in [0.2, 0.25) is 0 Å². The average Bonchev–Trinajstić information content (AvgIpc) is 3.59. The number of pyridine rings is 1. The number of β-amino-alcohol motifs (C(OH)–C–C–N with tert-alkyl or cyclic N) is 1. The predicted molar refractivity (Wildman–Crippen MR) is 148 cm³/mol. The summed E-state index contributed by atoms with van der Waals surface area (Å²) in [6.45, 7) is 2.96. The van der Waals surface area contributed by atoms with E-state index in [-0.39, 0.29) is 22.7 Å². The molecule has 2 unspecified atom stereocenters. The Bertz CT molecular complexity index is 1430. The highest BCUT2D eigenvalue weighted by Gasteiger charge is 2.67.